The molecule has 1 nitrogen and oxygen atoms in total. The zero-order chi connectivity index (χ0) is 20.0. The van der Waals surface area contributed by atoms with E-state index in [1.54, 1.807) is 0 Å². The molecule has 0 aliphatic carbocycles. The van der Waals surface area contributed by atoms with Gasteiger partial charge >= 0.3 is 0 Å². The SMILES string of the molecule is CCCCC/C=C\C/C=C\CCCCCCCCCC(CCC)CN(C)C. The first-order valence-corrected chi connectivity index (χ1v) is 12.1. The van der Waals surface area contributed by atoms with Crippen LogP contribution in [0.5, 0.6) is 0 Å². The van der Waals surface area contributed by atoms with Crippen molar-refractivity contribution in [3.63, 3.8) is 0 Å². The molecule has 0 N–H and O–H groups in total. The minimum absolute atomic E-state index is 0.919. The quantitative estimate of drug-likeness (QED) is 0.152. The first-order chi connectivity index (χ1) is 13.2. The molecule has 0 aromatic heterocycles. The molecule has 0 amide bonds. The predicted molar refractivity (Wildman–Crippen MR) is 126 cm³/mol. The Balaban J connectivity index is 3.36. The lowest BCUT2D eigenvalue weighted by atomic mass is 9.95. The van der Waals surface area contributed by atoms with Gasteiger partial charge in [-0.25, -0.2) is 0 Å². The van der Waals surface area contributed by atoms with Gasteiger partial charge in [-0.05, 0) is 65.0 Å². The molecule has 0 radical (unpaired) electrons. The summed E-state index contributed by atoms with van der Waals surface area (Å²) in [6.45, 7) is 5.86. The van der Waals surface area contributed by atoms with Crippen LogP contribution in [0.2, 0.25) is 0 Å². The molecule has 0 aromatic carbocycles. The molecule has 0 bridgehead atoms. The van der Waals surface area contributed by atoms with Crippen molar-refractivity contribution in [2.45, 2.75) is 117 Å². The van der Waals surface area contributed by atoms with E-state index in [0.717, 1.165) is 12.3 Å². The minimum atomic E-state index is 0.919. The van der Waals surface area contributed by atoms with Crippen molar-refractivity contribution in [1.29, 1.82) is 0 Å². The van der Waals surface area contributed by atoms with Gasteiger partial charge in [0, 0.05) is 6.54 Å². The second-order valence-corrected chi connectivity index (χ2v) is 8.64. The minimum Gasteiger partial charge on any atom is -0.309 e. The molecule has 0 aliphatic heterocycles. The van der Waals surface area contributed by atoms with Crippen LogP contribution in [0.25, 0.3) is 0 Å². The Morgan fingerprint density at radius 3 is 1.70 bits per heavy atom. The van der Waals surface area contributed by atoms with E-state index >= 15 is 0 Å². The van der Waals surface area contributed by atoms with Gasteiger partial charge in [0.2, 0.25) is 0 Å². The second-order valence-electron chi connectivity index (χ2n) is 8.64. The van der Waals surface area contributed by atoms with Crippen LogP contribution >= 0.6 is 0 Å². The Kier molecular flexibility index (Phi) is 21.3. The second kappa shape index (κ2) is 21.7. The molecule has 160 valence electrons. The maximum atomic E-state index is 2.38. The van der Waals surface area contributed by atoms with Gasteiger partial charge in [0.05, 0.1) is 0 Å². The Morgan fingerprint density at radius 2 is 1.15 bits per heavy atom. The molecule has 0 aromatic rings. The summed E-state index contributed by atoms with van der Waals surface area (Å²) in [5, 5.41) is 0. The summed E-state index contributed by atoms with van der Waals surface area (Å²) >= 11 is 0. The van der Waals surface area contributed by atoms with E-state index in [1.807, 2.05) is 0 Å². The highest BCUT2D eigenvalue weighted by Gasteiger charge is 2.08. The highest BCUT2D eigenvalue weighted by atomic mass is 15.1. The van der Waals surface area contributed by atoms with Crippen molar-refractivity contribution < 1.29 is 0 Å². The van der Waals surface area contributed by atoms with Gasteiger partial charge in [-0.3, -0.25) is 0 Å². The normalized spacial score (nSPS) is 13.4. The van der Waals surface area contributed by atoms with E-state index in [2.05, 4.69) is 57.1 Å². The molecule has 1 heteroatoms. The highest BCUT2D eigenvalue weighted by Crippen LogP contribution is 2.17. The molecule has 27 heavy (non-hydrogen) atoms. The Morgan fingerprint density at radius 1 is 0.593 bits per heavy atom. The van der Waals surface area contributed by atoms with Gasteiger partial charge in [0.25, 0.3) is 0 Å². The van der Waals surface area contributed by atoms with E-state index in [4.69, 9.17) is 0 Å². The van der Waals surface area contributed by atoms with Crippen LogP contribution in [0.3, 0.4) is 0 Å². The molecular weight excluding hydrogens is 326 g/mol. The molecular formula is C26H51N. The van der Waals surface area contributed by atoms with E-state index in [0.29, 0.717) is 0 Å². The van der Waals surface area contributed by atoms with Crippen molar-refractivity contribution in [3.05, 3.63) is 24.3 Å². The smallest absolute Gasteiger partial charge is 0.000356 e. The highest BCUT2D eigenvalue weighted by molar-refractivity contribution is 4.92. The summed E-state index contributed by atoms with van der Waals surface area (Å²) < 4.78 is 0. The van der Waals surface area contributed by atoms with Crippen LogP contribution < -0.4 is 0 Å². The van der Waals surface area contributed by atoms with Gasteiger partial charge in [-0.15, -0.1) is 0 Å². The monoisotopic (exact) mass is 377 g/mol. The lowest BCUT2D eigenvalue weighted by Gasteiger charge is -2.20. The molecule has 0 spiro atoms. The third-order valence-corrected chi connectivity index (χ3v) is 5.38. The standard InChI is InChI=1S/C26H51N/c1-5-7-8-9-10-11-12-13-14-15-16-17-18-19-20-21-22-24-26(23-6-2)25-27(3)4/h10-11,13-14,26H,5-9,12,15-25H2,1-4H3/b11-10-,14-13-. The van der Waals surface area contributed by atoms with Gasteiger partial charge in [-0.1, -0.05) is 95.9 Å². The van der Waals surface area contributed by atoms with E-state index in [9.17, 15) is 0 Å². The third kappa shape index (κ3) is 21.6. The largest absolute Gasteiger partial charge is 0.309 e. The fourth-order valence-electron chi connectivity index (χ4n) is 3.85. The molecule has 0 fully saturated rings. The molecule has 1 unspecified atom stereocenters. The predicted octanol–water partition coefficient (Wildman–Crippen LogP) is 8.56. The van der Waals surface area contributed by atoms with Crippen molar-refractivity contribution in [2.75, 3.05) is 20.6 Å². The van der Waals surface area contributed by atoms with Gasteiger partial charge in [0.1, 0.15) is 0 Å². The first-order valence-electron chi connectivity index (χ1n) is 12.1. The maximum Gasteiger partial charge on any atom is 0.000356 e. The Labute approximate surface area is 172 Å². The number of hydrogen-bond donors (Lipinski definition) is 0. The third-order valence-electron chi connectivity index (χ3n) is 5.38. The molecule has 0 saturated carbocycles. The van der Waals surface area contributed by atoms with Gasteiger partial charge in [-0.2, -0.15) is 0 Å². The fourth-order valence-corrected chi connectivity index (χ4v) is 3.85. The number of rotatable bonds is 20. The molecule has 0 aliphatic rings. The lowest BCUT2D eigenvalue weighted by Crippen LogP contribution is -2.21. The van der Waals surface area contributed by atoms with Crippen LogP contribution in [-0.2, 0) is 0 Å². The van der Waals surface area contributed by atoms with Crippen molar-refractivity contribution in [2.24, 2.45) is 5.92 Å². The van der Waals surface area contributed by atoms with Gasteiger partial charge < -0.3 is 4.90 Å². The number of allylic oxidation sites excluding steroid dienone is 4. The average molecular weight is 378 g/mol. The summed E-state index contributed by atoms with van der Waals surface area (Å²) in [6, 6.07) is 0. The van der Waals surface area contributed by atoms with E-state index < -0.39 is 0 Å². The number of unbranched alkanes of at least 4 members (excludes halogenated alkanes) is 10. The van der Waals surface area contributed by atoms with Crippen LogP contribution in [0, 0.1) is 5.92 Å². The molecule has 1 atom stereocenters. The summed E-state index contributed by atoms with van der Waals surface area (Å²) in [4.78, 5) is 2.36. The van der Waals surface area contributed by atoms with Crippen molar-refractivity contribution in [1.82, 2.24) is 4.90 Å². The average Bonchev–Trinajstić information content (AvgIpc) is 2.64. The topological polar surface area (TPSA) is 3.24 Å². The van der Waals surface area contributed by atoms with E-state index in [1.165, 1.54) is 103 Å². The summed E-state index contributed by atoms with van der Waals surface area (Å²) in [6.07, 6.45) is 31.3. The fraction of sp³-hybridized carbons (Fsp3) is 0.846. The van der Waals surface area contributed by atoms with Crippen LogP contribution in [0.1, 0.15) is 117 Å². The van der Waals surface area contributed by atoms with Crippen molar-refractivity contribution >= 4 is 0 Å². The zero-order valence-electron chi connectivity index (χ0n) is 19.4. The number of nitrogens with zero attached hydrogens (tertiary/aromatic N) is 1. The number of hydrogen-bond acceptors (Lipinski definition) is 1. The van der Waals surface area contributed by atoms with Crippen LogP contribution in [-0.4, -0.2) is 25.5 Å². The van der Waals surface area contributed by atoms with Gasteiger partial charge in [0.15, 0.2) is 0 Å². The first kappa shape index (κ1) is 26.4. The maximum absolute atomic E-state index is 2.38. The van der Waals surface area contributed by atoms with E-state index in [-0.39, 0.29) is 0 Å². The van der Waals surface area contributed by atoms with Crippen LogP contribution in [0.15, 0.2) is 24.3 Å². The molecule has 0 heterocycles. The Hall–Kier alpha value is -0.560. The van der Waals surface area contributed by atoms with Crippen molar-refractivity contribution in [3.8, 4) is 0 Å². The molecule has 0 rings (SSSR count). The summed E-state index contributed by atoms with van der Waals surface area (Å²) in [5.41, 5.74) is 0. The molecule has 0 saturated heterocycles. The summed E-state index contributed by atoms with van der Waals surface area (Å²) in [5.74, 6) is 0.919. The zero-order valence-corrected chi connectivity index (χ0v) is 19.4. The Bertz CT molecular complexity index is 329. The summed E-state index contributed by atoms with van der Waals surface area (Å²) in [7, 11) is 4.42. The van der Waals surface area contributed by atoms with Crippen LogP contribution in [0.4, 0.5) is 0 Å². The lowest BCUT2D eigenvalue weighted by molar-refractivity contribution is 0.291.